The van der Waals surface area contributed by atoms with Gasteiger partial charge >= 0.3 is 17.9 Å². The van der Waals surface area contributed by atoms with E-state index in [4.69, 9.17) is 23.5 Å². The summed E-state index contributed by atoms with van der Waals surface area (Å²) in [6.45, 7) is 14.1. The van der Waals surface area contributed by atoms with Crippen LogP contribution >= 0.6 is 47.8 Å². The SMILES string of the molecule is CC1Cc2c(oc3ccc(Br)cc23)C(c2c(F)cc(/C=C/C(=O)O)cc2F)N1CC(C)(C)F.CC1Cc2c(oc3ccc(Br)cc23)C(c2c(F)cc(/C=C/C(=O)O)cc2F)N1CC(C)(C)F.COC(=O)/C=C/c1cc(F)c(C2c3oc4ccc(Br)cc4c3CC(C)N2CC(C)(C)F)c(F)c1. The van der Waals surface area contributed by atoms with Crippen molar-refractivity contribution in [2.75, 3.05) is 26.7 Å². The van der Waals surface area contributed by atoms with Gasteiger partial charge in [-0.25, -0.2) is 53.9 Å². The van der Waals surface area contributed by atoms with Crippen LogP contribution in [0.25, 0.3) is 51.1 Å². The summed E-state index contributed by atoms with van der Waals surface area (Å²) in [5.41, 5.74) is -0.929. The fraction of sp³-hybridized carbons (Fsp3) is 0.329. The van der Waals surface area contributed by atoms with Gasteiger partial charge in [-0.15, -0.1) is 0 Å². The predicted octanol–water partition coefficient (Wildman–Crippen LogP) is 20.1. The van der Waals surface area contributed by atoms with Gasteiger partial charge in [0.05, 0.1) is 7.11 Å². The van der Waals surface area contributed by atoms with Crippen molar-refractivity contribution in [2.45, 2.75) is 135 Å². The fourth-order valence-corrected chi connectivity index (χ4v) is 14.6. The third-order valence-corrected chi connectivity index (χ3v) is 19.0. The van der Waals surface area contributed by atoms with E-state index in [2.05, 4.69) is 52.5 Å². The normalized spacial score (nSPS) is 19.3. The molecule has 12 rings (SSSR count). The summed E-state index contributed by atoms with van der Waals surface area (Å²) in [6, 6.07) is 19.6. The monoisotopic (exact) mass is 1580 g/mol. The lowest BCUT2D eigenvalue weighted by atomic mass is 9.87. The van der Waals surface area contributed by atoms with E-state index in [0.29, 0.717) is 53.3 Å². The molecule has 6 unspecified atom stereocenters. The van der Waals surface area contributed by atoms with Crippen LogP contribution in [0.1, 0.15) is 148 Å². The van der Waals surface area contributed by atoms with Crippen molar-refractivity contribution < 1.29 is 82.1 Å². The molecule has 2 N–H and O–H groups in total. The van der Waals surface area contributed by atoms with Crippen LogP contribution in [0, 0.1) is 34.9 Å². The first-order valence-electron chi connectivity index (χ1n) is 31.9. The number of carboxylic acid groups (broad SMARTS) is 2. The number of carboxylic acids is 2. The van der Waals surface area contributed by atoms with E-state index in [1.807, 2.05) is 57.2 Å². The summed E-state index contributed by atoms with van der Waals surface area (Å²) in [7, 11) is 1.21. The molecule has 0 fully saturated rings. The lowest BCUT2D eigenvalue weighted by Crippen LogP contribution is -2.48. The summed E-state index contributed by atoms with van der Waals surface area (Å²) in [4.78, 5) is 38.2. The average Bonchev–Trinajstić information content (AvgIpc) is 1.54. The van der Waals surface area contributed by atoms with E-state index >= 15 is 26.3 Å². The van der Waals surface area contributed by atoms with E-state index in [9.17, 15) is 27.6 Å². The van der Waals surface area contributed by atoms with Crippen LogP contribution in [0.2, 0.25) is 0 Å². The maximum Gasteiger partial charge on any atom is 0.330 e. The molecule has 0 bridgehead atoms. The Kier molecular flexibility index (Phi) is 22.2. The maximum absolute atomic E-state index is 15.5. The van der Waals surface area contributed by atoms with Crippen LogP contribution in [0.3, 0.4) is 0 Å². The highest BCUT2D eigenvalue weighted by molar-refractivity contribution is 9.11. The quantitative estimate of drug-likeness (QED) is 0.0571. The second-order valence-corrected chi connectivity index (χ2v) is 29.9. The van der Waals surface area contributed by atoms with Crippen molar-refractivity contribution in [1.29, 1.82) is 0 Å². The van der Waals surface area contributed by atoms with Gasteiger partial charge in [0.15, 0.2) is 0 Å². The summed E-state index contributed by atoms with van der Waals surface area (Å²) in [6.07, 6.45) is 7.84. The third kappa shape index (κ3) is 16.7. The zero-order chi connectivity index (χ0) is 72.9. The maximum atomic E-state index is 15.5. The predicted molar refractivity (Wildman–Crippen MR) is 376 cm³/mol. The van der Waals surface area contributed by atoms with E-state index < -0.39 is 87.9 Å². The Hall–Kier alpha value is -7.74. The van der Waals surface area contributed by atoms with Crippen LogP contribution in [0.4, 0.5) is 39.5 Å². The van der Waals surface area contributed by atoms with Gasteiger partial charge in [0.25, 0.3) is 0 Å². The number of halogens is 12. The first kappa shape index (κ1) is 74.9. The molecule has 528 valence electrons. The number of nitrogens with zero attached hydrogens (tertiary/aromatic N) is 3. The van der Waals surface area contributed by atoms with Crippen molar-refractivity contribution in [3.63, 3.8) is 0 Å². The molecule has 0 radical (unpaired) electrons. The van der Waals surface area contributed by atoms with Gasteiger partial charge < -0.3 is 28.2 Å². The molecule has 3 aliphatic heterocycles. The Morgan fingerprint density at radius 2 is 0.710 bits per heavy atom. The first-order valence-corrected chi connectivity index (χ1v) is 34.3. The number of fused-ring (bicyclic) bond motifs is 9. The number of hydrogen-bond donors (Lipinski definition) is 2. The molecular weight excluding hydrogens is 1510 g/mol. The molecule has 6 heterocycles. The number of aliphatic carboxylic acids is 2. The van der Waals surface area contributed by atoms with Crippen LogP contribution in [-0.4, -0.2) is 105 Å². The Labute approximate surface area is 596 Å². The first-order chi connectivity index (χ1) is 46.9. The lowest BCUT2D eigenvalue weighted by Gasteiger charge is -2.42. The highest BCUT2D eigenvalue weighted by Gasteiger charge is 2.46. The van der Waals surface area contributed by atoms with Gasteiger partial charge in [-0.05, 0) is 207 Å². The number of methoxy groups -OCH3 is 1. The van der Waals surface area contributed by atoms with Crippen LogP contribution in [0.15, 0.2) is 136 Å². The second kappa shape index (κ2) is 29.7. The Bertz CT molecular complexity index is 4470. The van der Waals surface area contributed by atoms with Crippen LogP contribution < -0.4 is 0 Å². The topological polar surface area (TPSA) is 150 Å². The van der Waals surface area contributed by atoms with Crippen molar-refractivity contribution >= 4 is 117 Å². The van der Waals surface area contributed by atoms with Crippen molar-refractivity contribution in [3.05, 3.63) is 225 Å². The molecule has 0 amide bonds. The molecule has 3 aromatic heterocycles. The molecule has 9 aromatic rings. The van der Waals surface area contributed by atoms with E-state index in [-0.39, 0.29) is 71.1 Å². The van der Waals surface area contributed by atoms with Crippen molar-refractivity contribution in [1.82, 2.24) is 14.7 Å². The van der Waals surface area contributed by atoms with Gasteiger partial charge in [0.2, 0.25) is 0 Å². The number of ether oxygens (including phenoxy) is 1. The zero-order valence-electron chi connectivity index (χ0n) is 56.0. The Morgan fingerprint density at radius 3 is 0.940 bits per heavy atom. The van der Waals surface area contributed by atoms with Crippen molar-refractivity contribution in [2.24, 2.45) is 0 Å². The minimum Gasteiger partial charge on any atom is -0.478 e. The molecule has 3 aliphatic rings. The largest absolute Gasteiger partial charge is 0.478 e. The van der Waals surface area contributed by atoms with E-state index in [1.54, 1.807) is 32.9 Å². The zero-order valence-corrected chi connectivity index (χ0v) is 60.7. The molecule has 0 saturated heterocycles. The van der Waals surface area contributed by atoms with Crippen LogP contribution in [0.5, 0.6) is 0 Å². The summed E-state index contributed by atoms with van der Waals surface area (Å²) in [5.74, 6) is -6.94. The molecule has 0 spiro atoms. The third-order valence-electron chi connectivity index (χ3n) is 17.5. The second-order valence-electron chi connectivity index (χ2n) is 27.2. The summed E-state index contributed by atoms with van der Waals surface area (Å²) in [5, 5.41) is 20.2. The smallest absolute Gasteiger partial charge is 0.330 e. The fourth-order valence-electron chi connectivity index (χ4n) is 13.6. The minimum absolute atomic E-state index is 0.0398. The highest BCUT2D eigenvalue weighted by Crippen LogP contribution is 2.49. The highest BCUT2D eigenvalue weighted by atomic mass is 79.9. The van der Waals surface area contributed by atoms with Gasteiger partial charge in [-0.3, -0.25) is 14.7 Å². The number of hydrogen-bond acceptors (Lipinski definition) is 10. The number of benzene rings is 6. The molecule has 0 aliphatic carbocycles. The van der Waals surface area contributed by atoms with E-state index in [0.717, 1.165) is 113 Å². The van der Waals surface area contributed by atoms with Gasteiger partial charge in [0, 0.05) is 119 Å². The molecule has 0 saturated carbocycles. The molecular formula is C76H71Br3F9N3O9. The van der Waals surface area contributed by atoms with Gasteiger partial charge in [-0.1, -0.05) is 47.8 Å². The minimum atomic E-state index is -1.61. The van der Waals surface area contributed by atoms with Crippen molar-refractivity contribution in [3.8, 4) is 0 Å². The number of carbonyl (C=O) groups is 3. The average molecular weight is 1580 g/mol. The Balaban J connectivity index is 0.000000162. The number of alkyl halides is 3. The lowest BCUT2D eigenvalue weighted by molar-refractivity contribution is -0.135. The Morgan fingerprint density at radius 1 is 0.460 bits per heavy atom. The molecule has 24 heteroatoms. The number of rotatable bonds is 15. The summed E-state index contributed by atoms with van der Waals surface area (Å²) < 4.78 is 162. The standard InChI is InChI=1S/C26H25BrF3NO3.2C25H23BrF3NO3/c1-14-9-18-17-12-16(27)6-7-21(17)34-25(18)24(31(14)13-26(2,3)30)23-19(28)10-15(11-20(23)29)5-8-22(32)33-4;2*1-13-8-17-16-11-15(26)5-6-20(16)33-24(17)23(30(13)12-25(2,3)29)22-18(27)9-14(10-19(22)28)4-7-21(31)32/h5-8,10-12,14,24H,9,13H2,1-4H3;2*4-7,9-11,13,23H,8,12H2,1-3H3,(H,31,32)/b8-5+;2*7-4+. The molecule has 100 heavy (non-hydrogen) atoms. The number of carbonyl (C=O) groups excluding carboxylic acids is 1. The van der Waals surface area contributed by atoms with E-state index in [1.165, 1.54) is 54.7 Å². The summed E-state index contributed by atoms with van der Waals surface area (Å²) >= 11 is 10.4. The van der Waals surface area contributed by atoms with Gasteiger partial charge in [-0.2, -0.15) is 0 Å². The molecule has 12 nitrogen and oxygen atoms in total. The number of furan rings is 3. The molecule has 6 aromatic carbocycles. The van der Waals surface area contributed by atoms with Crippen LogP contribution in [-0.2, 0) is 38.4 Å². The number of esters is 1. The van der Waals surface area contributed by atoms with Gasteiger partial charge in [0.1, 0.15) is 104 Å². The molecule has 6 atom stereocenters.